The molecular formula is C19H26N2O5. The quantitative estimate of drug-likeness (QED) is 0.723. The first kappa shape index (κ1) is 18.4. The number of aliphatic carboxylic acids is 1. The molecule has 1 heterocycles. The zero-order valence-corrected chi connectivity index (χ0v) is 15.0. The van der Waals surface area contributed by atoms with Gasteiger partial charge in [-0.3, -0.25) is 4.79 Å². The first-order valence-corrected chi connectivity index (χ1v) is 9.19. The van der Waals surface area contributed by atoms with Gasteiger partial charge in [-0.2, -0.15) is 0 Å². The summed E-state index contributed by atoms with van der Waals surface area (Å²) in [5.74, 6) is 0.552. The lowest BCUT2D eigenvalue weighted by Crippen LogP contribution is -2.46. The van der Waals surface area contributed by atoms with E-state index >= 15 is 0 Å². The number of fused-ring (bicyclic) bond motifs is 1. The second-order valence-electron chi connectivity index (χ2n) is 7.13. The summed E-state index contributed by atoms with van der Waals surface area (Å²) in [5.41, 5.74) is 1.15. The molecule has 142 valence electrons. The largest absolute Gasteiger partial charge is 0.481 e. The lowest BCUT2D eigenvalue weighted by molar-refractivity contribution is -0.142. The van der Waals surface area contributed by atoms with Crippen molar-refractivity contribution < 1.29 is 24.2 Å². The molecule has 7 heteroatoms. The summed E-state index contributed by atoms with van der Waals surface area (Å²) in [4.78, 5) is 23.1. The van der Waals surface area contributed by atoms with E-state index in [9.17, 15) is 9.59 Å². The van der Waals surface area contributed by atoms with Crippen LogP contribution < -0.4 is 20.1 Å². The van der Waals surface area contributed by atoms with Gasteiger partial charge in [-0.05, 0) is 63.1 Å². The number of nitrogens with one attached hydrogen (secondary N) is 2. The van der Waals surface area contributed by atoms with E-state index < -0.39 is 5.97 Å². The molecule has 2 amide bonds. The maximum Gasteiger partial charge on any atom is 0.315 e. The number of benzene rings is 1. The van der Waals surface area contributed by atoms with Gasteiger partial charge < -0.3 is 25.2 Å². The third-order valence-electron chi connectivity index (χ3n) is 5.09. The number of hydrogen-bond acceptors (Lipinski definition) is 4. The Morgan fingerprint density at radius 1 is 1.19 bits per heavy atom. The van der Waals surface area contributed by atoms with Crippen molar-refractivity contribution in [2.24, 2.45) is 5.92 Å². The van der Waals surface area contributed by atoms with Crippen LogP contribution in [0.1, 0.15) is 44.6 Å². The number of amides is 2. The minimum Gasteiger partial charge on any atom is -0.481 e. The van der Waals surface area contributed by atoms with E-state index in [-0.39, 0.29) is 30.8 Å². The molecule has 0 aromatic heterocycles. The van der Waals surface area contributed by atoms with Crippen molar-refractivity contribution in [1.82, 2.24) is 10.6 Å². The van der Waals surface area contributed by atoms with Gasteiger partial charge >= 0.3 is 12.0 Å². The number of carboxylic acid groups (broad SMARTS) is 1. The Morgan fingerprint density at radius 2 is 1.92 bits per heavy atom. The maximum atomic E-state index is 12.1. The lowest BCUT2D eigenvalue weighted by atomic mass is 9.86. The van der Waals surface area contributed by atoms with Gasteiger partial charge in [-0.1, -0.05) is 6.07 Å². The highest BCUT2D eigenvalue weighted by atomic mass is 16.7. The molecule has 7 nitrogen and oxygen atoms in total. The summed E-state index contributed by atoms with van der Waals surface area (Å²) in [6.07, 6.45) is 4.34. The topological polar surface area (TPSA) is 96.9 Å². The van der Waals surface area contributed by atoms with Crippen LogP contribution in [0.5, 0.6) is 11.5 Å². The van der Waals surface area contributed by atoms with Crippen LogP contribution in [0, 0.1) is 5.92 Å². The molecule has 0 spiro atoms. The Kier molecular flexibility index (Phi) is 5.85. The van der Waals surface area contributed by atoms with E-state index in [0.717, 1.165) is 42.7 Å². The lowest BCUT2D eigenvalue weighted by Gasteiger charge is -2.27. The molecule has 1 fully saturated rings. The highest BCUT2D eigenvalue weighted by Gasteiger charge is 2.26. The van der Waals surface area contributed by atoms with Crippen LogP contribution in [0.4, 0.5) is 4.79 Å². The van der Waals surface area contributed by atoms with Crippen LogP contribution in [0.25, 0.3) is 0 Å². The van der Waals surface area contributed by atoms with Crippen molar-refractivity contribution in [1.29, 1.82) is 0 Å². The Balaban J connectivity index is 1.37. The van der Waals surface area contributed by atoms with Gasteiger partial charge in [-0.25, -0.2) is 4.79 Å². The van der Waals surface area contributed by atoms with Gasteiger partial charge in [0.15, 0.2) is 11.5 Å². The highest BCUT2D eigenvalue weighted by Crippen LogP contribution is 2.32. The molecule has 3 rings (SSSR count). The number of carbonyl (C=O) groups is 2. The highest BCUT2D eigenvalue weighted by molar-refractivity contribution is 5.74. The van der Waals surface area contributed by atoms with E-state index in [2.05, 4.69) is 10.6 Å². The molecule has 0 radical (unpaired) electrons. The smallest absolute Gasteiger partial charge is 0.315 e. The van der Waals surface area contributed by atoms with Crippen molar-refractivity contribution in [3.63, 3.8) is 0 Å². The molecule has 1 aliphatic carbocycles. The number of ether oxygens (including phenoxy) is 2. The monoisotopic (exact) mass is 362 g/mol. The fourth-order valence-electron chi connectivity index (χ4n) is 3.49. The number of carboxylic acids is 1. The van der Waals surface area contributed by atoms with Crippen molar-refractivity contribution in [2.45, 2.75) is 57.5 Å². The van der Waals surface area contributed by atoms with Gasteiger partial charge in [-0.15, -0.1) is 0 Å². The Bertz CT molecular complexity index is 655. The normalized spacial score (nSPS) is 22.5. The third kappa shape index (κ3) is 4.80. The molecule has 1 aromatic carbocycles. The number of hydrogen-bond donors (Lipinski definition) is 3. The average Bonchev–Trinajstić information content (AvgIpc) is 3.08. The SMILES string of the molecule is CC(CCc1ccc2c(c1)OCO2)NC(=O)NC1CCC(C(=O)O)CC1. The molecule has 26 heavy (non-hydrogen) atoms. The van der Waals surface area contributed by atoms with Gasteiger partial charge in [0.1, 0.15) is 0 Å². The van der Waals surface area contributed by atoms with Gasteiger partial charge in [0, 0.05) is 12.1 Å². The summed E-state index contributed by atoms with van der Waals surface area (Å²) >= 11 is 0. The summed E-state index contributed by atoms with van der Waals surface area (Å²) in [5, 5.41) is 14.9. The summed E-state index contributed by atoms with van der Waals surface area (Å²) in [7, 11) is 0. The molecule has 1 unspecified atom stereocenters. The van der Waals surface area contributed by atoms with E-state index in [0.29, 0.717) is 12.8 Å². The minimum atomic E-state index is -0.731. The van der Waals surface area contributed by atoms with Gasteiger partial charge in [0.05, 0.1) is 5.92 Å². The number of carbonyl (C=O) groups excluding carboxylic acids is 1. The van der Waals surface area contributed by atoms with Crippen LogP contribution >= 0.6 is 0 Å². The Morgan fingerprint density at radius 3 is 2.65 bits per heavy atom. The van der Waals surface area contributed by atoms with Crippen molar-refractivity contribution in [3.05, 3.63) is 23.8 Å². The number of urea groups is 1. The van der Waals surface area contributed by atoms with Crippen LogP contribution in [0.3, 0.4) is 0 Å². The van der Waals surface area contributed by atoms with E-state index in [1.54, 1.807) is 0 Å². The fourth-order valence-corrected chi connectivity index (χ4v) is 3.49. The van der Waals surface area contributed by atoms with Gasteiger partial charge in [0.2, 0.25) is 6.79 Å². The van der Waals surface area contributed by atoms with Crippen molar-refractivity contribution >= 4 is 12.0 Å². The second kappa shape index (κ2) is 8.29. The molecule has 1 aliphatic heterocycles. The van der Waals surface area contributed by atoms with Crippen LogP contribution in [0.15, 0.2) is 18.2 Å². The summed E-state index contributed by atoms with van der Waals surface area (Å²) in [6, 6.07) is 5.83. The number of aryl methyl sites for hydroxylation is 1. The molecule has 0 saturated heterocycles. The Labute approximate surface area is 153 Å². The molecule has 1 aromatic rings. The average molecular weight is 362 g/mol. The fraction of sp³-hybridized carbons (Fsp3) is 0.579. The molecule has 3 N–H and O–H groups in total. The third-order valence-corrected chi connectivity index (χ3v) is 5.09. The van der Waals surface area contributed by atoms with E-state index in [4.69, 9.17) is 14.6 Å². The zero-order valence-electron chi connectivity index (χ0n) is 15.0. The molecule has 2 aliphatic rings. The predicted octanol–water partition coefficient (Wildman–Crippen LogP) is 2.68. The predicted molar refractivity (Wildman–Crippen MR) is 95.4 cm³/mol. The number of rotatable bonds is 6. The minimum absolute atomic E-state index is 0.0378. The second-order valence-corrected chi connectivity index (χ2v) is 7.13. The van der Waals surface area contributed by atoms with Crippen LogP contribution in [0.2, 0.25) is 0 Å². The Hall–Kier alpha value is -2.44. The van der Waals surface area contributed by atoms with Crippen molar-refractivity contribution in [2.75, 3.05) is 6.79 Å². The van der Waals surface area contributed by atoms with E-state index in [1.807, 2.05) is 25.1 Å². The molecular weight excluding hydrogens is 336 g/mol. The molecule has 1 saturated carbocycles. The summed E-state index contributed by atoms with van der Waals surface area (Å²) < 4.78 is 10.7. The maximum absolute atomic E-state index is 12.1. The zero-order chi connectivity index (χ0) is 18.5. The van der Waals surface area contributed by atoms with Crippen LogP contribution in [-0.4, -0.2) is 36.0 Å². The first-order valence-electron chi connectivity index (χ1n) is 9.19. The standard InChI is InChI=1S/C19H26N2O5/c1-12(2-3-13-4-9-16-17(10-13)26-11-25-16)20-19(24)21-15-7-5-14(6-8-15)18(22)23/h4,9-10,12,14-15H,2-3,5-8,11H2,1H3,(H,22,23)(H2,20,21,24). The first-order chi connectivity index (χ1) is 12.5. The molecule has 1 atom stereocenters. The van der Waals surface area contributed by atoms with Crippen molar-refractivity contribution in [3.8, 4) is 11.5 Å². The molecule has 0 bridgehead atoms. The summed E-state index contributed by atoms with van der Waals surface area (Å²) in [6.45, 7) is 2.25. The van der Waals surface area contributed by atoms with E-state index in [1.165, 1.54) is 0 Å². The van der Waals surface area contributed by atoms with Crippen LogP contribution in [-0.2, 0) is 11.2 Å². The van der Waals surface area contributed by atoms with Gasteiger partial charge in [0.25, 0.3) is 0 Å².